The third kappa shape index (κ3) is 5.20. The molecule has 18 heavy (non-hydrogen) atoms. The van der Waals surface area contributed by atoms with Crippen LogP contribution in [0.4, 0.5) is 4.79 Å². The van der Waals surface area contributed by atoms with E-state index in [1.54, 1.807) is 0 Å². The third-order valence-electron chi connectivity index (χ3n) is 3.06. The van der Waals surface area contributed by atoms with Gasteiger partial charge in [-0.05, 0) is 46.7 Å². The number of piperidine rings is 1. The molecule has 1 aliphatic heterocycles. The first-order chi connectivity index (χ1) is 8.37. The first kappa shape index (κ1) is 15.2. The lowest BCUT2D eigenvalue weighted by Gasteiger charge is -2.36. The van der Waals surface area contributed by atoms with Gasteiger partial charge < -0.3 is 20.2 Å². The van der Waals surface area contributed by atoms with Gasteiger partial charge in [0.25, 0.3) is 0 Å². The average Bonchev–Trinajstić information content (AvgIpc) is 2.26. The second-order valence-corrected chi connectivity index (χ2v) is 5.92. The topological polar surface area (TPSA) is 85.6 Å². The molecular weight excluding hydrogens is 234 g/mol. The largest absolute Gasteiger partial charge is 0.444 e. The Morgan fingerprint density at radius 3 is 2.50 bits per heavy atom. The summed E-state index contributed by atoms with van der Waals surface area (Å²) in [5, 5.41) is 6.09. The van der Waals surface area contributed by atoms with Gasteiger partial charge in [-0.3, -0.25) is 0 Å². The van der Waals surface area contributed by atoms with E-state index < -0.39 is 11.7 Å². The van der Waals surface area contributed by atoms with E-state index in [1.165, 1.54) is 0 Å². The SMILES string of the molecule is CC(C)(C)OC(=O)NCC1(CON)CCNCC1. The Hall–Kier alpha value is -0.850. The number of amides is 1. The standard InChI is InChI=1S/C12H25N3O3/c1-11(2,3)18-10(16)15-8-12(9-17-13)4-6-14-7-5-12/h14H,4-9,13H2,1-3H3,(H,15,16). The molecule has 0 spiro atoms. The fourth-order valence-electron chi connectivity index (χ4n) is 2.08. The van der Waals surface area contributed by atoms with Crippen molar-refractivity contribution in [2.45, 2.75) is 39.2 Å². The number of hydrogen-bond donors (Lipinski definition) is 3. The zero-order valence-corrected chi connectivity index (χ0v) is 11.5. The summed E-state index contributed by atoms with van der Waals surface area (Å²) in [6.45, 7) is 8.34. The van der Waals surface area contributed by atoms with Gasteiger partial charge in [-0.15, -0.1) is 0 Å². The molecule has 0 bridgehead atoms. The van der Waals surface area contributed by atoms with Crippen molar-refractivity contribution < 1.29 is 14.4 Å². The van der Waals surface area contributed by atoms with Crippen LogP contribution in [0.5, 0.6) is 0 Å². The third-order valence-corrected chi connectivity index (χ3v) is 3.06. The first-order valence-corrected chi connectivity index (χ1v) is 6.36. The quantitative estimate of drug-likeness (QED) is 0.649. The summed E-state index contributed by atoms with van der Waals surface area (Å²) in [5.74, 6) is 5.19. The Balaban J connectivity index is 2.44. The summed E-state index contributed by atoms with van der Waals surface area (Å²) < 4.78 is 5.21. The van der Waals surface area contributed by atoms with Gasteiger partial charge in [0.15, 0.2) is 0 Å². The Labute approximate surface area is 109 Å². The number of carbonyl (C=O) groups excluding carboxylic acids is 1. The van der Waals surface area contributed by atoms with Gasteiger partial charge in [-0.1, -0.05) is 0 Å². The highest BCUT2D eigenvalue weighted by Gasteiger charge is 2.33. The van der Waals surface area contributed by atoms with E-state index in [4.69, 9.17) is 15.5 Å². The van der Waals surface area contributed by atoms with E-state index in [0.717, 1.165) is 25.9 Å². The molecule has 0 unspecified atom stereocenters. The molecular formula is C12H25N3O3. The van der Waals surface area contributed by atoms with Crippen molar-refractivity contribution in [2.75, 3.05) is 26.2 Å². The highest BCUT2D eigenvalue weighted by molar-refractivity contribution is 5.67. The summed E-state index contributed by atoms with van der Waals surface area (Å²) in [5.41, 5.74) is -0.563. The zero-order chi connectivity index (χ0) is 13.6. The molecule has 0 aromatic rings. The van der Waals surface area contributed by atoms with E-state index in [0.29, 0.717) is 13.2 Å². The predicted octanol–water partition coefficient (Wildman–Crippen LogP) is 0.771. The van der Waals surface area contributed by atoms with Crippen LogP contribution in [-0.2, 0) is 9.57 Å². The van der Waals surface area contributed by atoms with Crippen molar-refractivity contribution in [3.63, 3.8) is 0 Å². The molecule has 1 heterocycles. The van der Waals surface area contributed by atoms with Gasteiger partial charge in [0.2, 0.25) is 0 Å². The van der Waals surface area contributed by atoms with E-state index in [1.807, 2.05) is 20.8 Å². The van der Waals surface area contributed by atoms with Gasteiger partial charge in [-0.2, -0.15) is 0 Å². The van der Waals surface area contributed by atoms with Gasteiger partial charge >= 0.3 is 6.09 Å². The predicted molar refractivity (Wildman–Crippen MR) is 68.9 cm³/mol. The van der Waals surface area contributed by atoms with Gasteiger partial charge in [0, 0.05) is 12.0 Å². The van der Waals surface area contributed by atoms with Crippen molar-refractivity contribution in [3.8, 4) is 0 Å². The molecule has 4 N–H and O–H groups in total. The number of alkyl carbamates (subject to hydrolysis) is 1. The number of nitrogens with two attached hydrogens (primary N) is 1. The summed E-state index contributed by atoms with van der Waals surface area (Å²) in [7, 11) is 0. The lowest BCUT2D eigenvalue weighted by atomic mass is 9.79. The number of ether oxygens (including phenoxy) is 1. The maximum atomic E-state index is 11.6. The van der Waals surface area contributed by atoms with Crippen LogP contribution in [0.3, 0.4) is 0 Å². The molecule has 6 heteroatoms. The second-order valence-electron chi connectivity index (χ2n) is 5.92. The maximum Gasteiger partial charge on any atom is 0.407 e. The molecule has 1 rings (SSSR count). The molecule has 0 saturated carbocycles. The van der Waals surface area contributed by atoms with E-state index in [2.05, 4.69) is 10.6 Å². The molecule has 106 valence electrons. The van der Waals surface area contributed by atoms with Crippen LogP contribution < -0.4 is 16.5 Å². The van der Waals surface area contributed by atoms with E-state index in [-0.39, 0.29) is 5.41 Å². The van der Waals surface area contributed by atoms with Gasteiger partial charge in [0.1, 0.15) is 5.60 Å². The lowest BCUT2D eigenvalue weighted by molar-refractivity contribution is 0.0164. The zero-order valence-electron chi connectivity index (χ0n) is 11.5. The average molecular weight is 259 g/mol. The number of hydrogen-bond acceptors (Lipinski definition) is 5. The van der Waals surface area contributed by atoms with Crippen LogP contribution in [0, 0.1) is 5.41 Å². The normalized spacial score (nSPS) is 19.3. The minimum Gasteiger partial charge on any atom is -0.444 e. The van der Waals surface area contributed by atoms with Crippen LogP contribution in [0.2, 0.25) is 0 Å². The Morgan fingerprint density at radius 2 is 2.00 bits per heavy atom. The van der Waals surface area contributed by atoms with Crippen LogP contribution >= 0.6 is 0 Å². The van der Waals surface area contributed by atoms with Gasteiger partial charge in [-0.25, -0.2) is 10.7 Å². The minimum atomic E-state index is -0.476. The van der Waals surface area contributed by atoms with Crippen LogP contribution in [-0.4, -0.2) is 37.9 Å². The molecule has 6 nitrogen and oxygen atoms in total. The molecule has 1 fully saturated rings. The Bertz CT molecular complexity index is 265. The minimum absolute atomic E-state index is 0.0864. The van der Waals surface area contributed by atoms with Crippen LogP contribution in [0.25, 0.3) is 0 Å². The fourth-order valence-corrected chi connectivity index (χ4v) is 2.08. The molecule has 1 amide bonds. The Morgan fingerprint density at radius 1 is 1.39 bits per heavy atom. The summed E-state index contributed by atoms with van der Waals surface area (Å²) >= 11 is 0. The molecule has 0 aliphatic carbocycles. The van der Waals surface area contributed by atoms with Crippen LogP contribution in [0.1, 0.15) is 33.6 Å². The summed E-state index contributed by atoms with van der Waals surface area (Å²) in [6, 6.07) is 0. The second kappa shape index (κ2) is 6.36. The number of nitrogens with one attached hydrogen (secondary N) is 2. The maximum absolute atomic E-state index is 11.6. The first-order valence-electron chi connectivity index (χ1n) is 6.36. The van der Waals surface area contributed by atoms with E-state index in [9.17, 15) is 4.79 Å². The molecule has 1 saturated heterocycles. The number of rotatable bonds is 4. The van der Waals surface area contributed by atoms with Crippen molar-refractivity contribution in [1.82, 2.24) is 10.6 Å². The molecule has 0 aromatic heterocycles. The van der Waals surface area contributed by atoms with Crippen molar-refractivity contribution in [3.05, 3.63) is 0 Å². The van der Waals surface area contributed by atoms with Gasteiger partial charge in [0.05, 0.1) is 6.61 Å². The summed E-state index contributed by atoms with van der Waals surface area (Å²) in [4.78, 5) is 16.4. The van der Waals surface area contributed by atoms with Crippen molar-refractivity contribution >= 4 is 6.09 Å². The highest BCUT2D eigenvalue weighted by Crippen LogP contribution is 2.28. The monoisotopic (exact) mass is 259 g/mol. The molecule has 0 aromatic carbocycles. The molecule has 0 radical (unpaired) electrons. The van der Waals surface area contributed by atoms with E-state index >= 15 is 0 Å². The fraction of sp³-hybridized carbons (Fsp3) is 0.917. The number of carbonyl (C=O) groups is 1. The molecule has 0 atom stereocenters. The smallest absolute Gasteiger partial charge is 0.407 e. The Kier molecular flexibility index (Phi) is 5.37. The summed E-state index contributed by atoms with van der Waals surface area (Å²) in [6.07, 6.45) is 1.47. The van der Waals surface area contributed by atoms with Crippen LogP contribution in [0.15, 0.2) is 0 Å². The lowest BCUT2D eigenvalue weighted by Crippen LogP contribution is -2.48. The van der Waals surface area contributed by atoms with Crippen molar-refractivity contribution in [1.29, 1.82) is 0 Å². The van der Waals surface area contributed by atoms with Crippen molar-refractivity contribution in [2.24, 2.45) is 11.3 Å². The molecule has 1 aliphatic rings. The highest BCUT2D eigenvalue weighted by atomic mass is 16.6.